The first-order chi connectivity index (χ1) is 21.8. The van der Waals surface area contributed by atoms with Crippen molar-refractivity contribution in [2.24, 2.45) is 44.8 Å². The zero-order valence-electron chi connectivity index (χ0n) is 28.9. The molecule has 1 heterocycles. The van der Waals surface area contributed by atoms with E-state index in [4.69, 9.17) is 9.47 Å². The lowest BCUT2D eigenvalue weighted by Gasteiger charge is -2.70. The Bertz CT molecular complexity index is 1240. The predicted octanol–water partition coefficient (Wildman–Crippen LogP) is 2.00. The fraction of sp³-hybridized carbons (Fsp3) is 0.889. The van der Waals surface area contributed by atoms with E-state index in [1.807, 2.05) is 13.0 Å². The maximum Gasteiger partial charge on any atom is 0.318 e. The molecule has 0 aromatic heterocycles. The maximum atomic E-state index is 14.2. The van der Waals surface area contributed by atoms with Crippen LogP contribution < -0.4 is 0 Å². The smallest absolute Gasteiger partial charge is 0.318 e. The molecule has 3 saturated carbocycles. The maximum absolute atomic E-state index is 14.2. The van der Waals surface area contributed by atoms with Gasteiger partial charge in [-0.3, -0.25) is 9.59 Å². The van der Waals surface area contributed by atoms with Gasteiger partial charge >= 0.3 is 5.97 Å². The summed E-state index contributed by atoms with van der Waals surface area (Å²) in [6.45, 7) is 11.3. The SMILES string of the molecule is CC(=O)[C@H](C)CC[C@@]1(C(=O)O[C@@H]2O[C@H](CO)[C@@H](O)[C@H](O)[C@H]2O)C=C2[C@@H](O)C[C@@H]3[C@@]4(C)CC[C@@H](O)[C@](C)(CO)[C@@H]4CC[C@@]3(C)[C@]2(C)CC1. The van der Waals surface area contributed by atoms with E-state index in [1.165, 1.54) is 6.92 Å². The molecule has 11 nitrogen and oxygen atoms in total. The summed E-state index contributed by atoms with van der Waals surface area (Å²) in [5.41, 5.74) is -2.05. The number of ether oxygens (including phenoxy) is 2. The molecule has 0 amide bonds. The number of hydrogen-bond acceptors (Lipinski definition) is 11. The van der Waals surface area contributed by atoms with Crippen LogP contribution in [-0.4, -0.2) is 104 Å². The summed E-state index contributed by atoms with van der Waals surface area (Å²) in [6, 6.07) is 0. The third-order valence-electron chi connectivity index (χ3n) is 14.6. The van der Waals surface area contributed by atoms with Crippen molar-refractivity contribution in [1.82, 2.24) is 0 Å². The van der Waals surface area contributed by atoms with E-state index in [9.17, 15) is 45.3 Å². The summed E-state index contributed by atoms with van der Waals surface area (Å²) in [4.78, 5) is 26.5. The van der Waals surface area contributed by atoms with Gasteiger partial charge in [-0.25, -0.2) is 0 Å². The van der Waals surface area contributed by atoms with Crippen molar-refractivity contribution in [1.29, 1.82) is 0 Å². The van der Waals surface area contributed by atoms with Crippen molar-refractivity contribution in [3.63, 3.8) is 0 Å². The van der Waals surface area contributed by atoms with Gasteiger partial charge in [0, 0.05) is 11.3 Å². The molecule has 0 unspecified atom stereocenters. The molecule has 0 radical (unpaired) electrons. The number of aliphatic hydroxyl groups is 7. The molecule has 11 heteroatoms. The summed E-state index contributed by atoms with van der Waals surface area (Å²) in [5.74, 6) is -0.860. The highest BCUT2D eigenvalue weighted by atomic mass is 16.7. The van der Waals surface area contributed by atoms with Gasteiger partial charge < -0.3 is 45.2 Å². The zero-order chi connectivity index (χ0) is 34.9. The van der Waals surface area contributed by atoms with Crippen LogP contribution >= 0.6 is 0 Å². The fourth-order valence-corrected chi connectivity index (χ4v) is 10.9. The standard InChI is InChI=1S/C36H58O11/c1-19(20(2)39)7-12-36(31(45)47-30-29(44)28(43)27(42)23(17-37)46-30)14-13-34(5)21(16-36)22(40)15-25-32(3)10-9-26(41)33(4,18-38)24(32)8-11-35(25,34)6/h16,19,22-30,37-38,40-44H,7-15,17-18H2,1-6H3/t19-,22+,23-,24-,25-,26-,27-,28+,29-,30+,32+,33-,34-,35-,36+/m1/s1. The molecule has 47 heavy (non-hydrogen) atoms. The highest BCUT2D eigenvalue weighted by Gasteiger charge is 2.69. The van der Waals surface area contributed by atoms with Crippen molar-refractivity contribution in [2.45, 2.75) is 142 Å². The zero-order valence-corrected chi connectivity index (χ0v) is 28.9. The highest BCUT2D eigenvalue weighted by molar-refractivity contribution is 5.81. The van der Waals surface area contributed by atoms with Gasteiger partial charge in [-0.1, -0.05) is 40.7 Å². The summed E-state index contributed by atoms with van der Waals surface area (Å²) in [5, 5.41) is 74.4. The highest BCUT2D eigenvalue weighted by Crippen LogP contribution is 2.74. The number of fused-ring (bicyclic) bond motifs is 5. The largest absolute Gasteiger partial charge is 0.432 e. The molecule has 0 spiro atoms. The molecule has 1 saturated heterocycles. The Morgan fingerprint density at radius 3 is 2.23 bits per heavy atom. The van der Waals surface area contributed by atoms with Gasteiger partial charge in [-0.15, -0.1) is 0 Å². The van der Waals surface area contributed by atoms with Gasteiger partial charge in [-0.2, -0.15) is 0 Å². The molecule has 0 aromatic rings. The topological polar surface area (TPSA) is 194 Å². The molecule has 0 aromatic carbocycles. The van der Waals surface area contributed by atoms with Crippen LogP contribution in [0.5, 0.6) is 0 Å². The van der Waals surface area contributed by atoms with E-state index in [2.05, 4.69) is 20.8 Å². The van der Waals surface area contributed by atoms with Crippen LogP contribution in [0.15, 0.2) is 11.6 Å². The monoisotopic (exact) mass is 666 g/mol. The minimum Gasteiger partial charge on any atom is -0.432 e. The van der Waals surface area contributed by atoms with Crippen LogP contribution in [0.3, 0.4) is 0 Å². The second kappa shape index (κ2) is 12.7. The number of hydrogen-bond donors (Lipinski definition) is 7. The molecule has 4 fully saturated rings. The number of Topliss-reactive ketones (excluding diaryl/α,β-unsaturated/α-hetero) is 1. The van der Waals surface area contributed by atoms with Crippen molar-refractivity contribution in [3.8, 4) is 0 Å². The van der Waals surface area contributed by atoms with Gasteiger partial charge in [0.2, 0.25) is 6.29 Å². The number of aliphatic hydroxyl groups excluding tert-OH is 7. The van der Waals surface area contributed by atoms with Crippen molar-refractivity contribution < 1.29 is 54.8 Å². The first kappa shape index (κ1) is 36.8. The van der Waals surface area contributed by atoms with E-state index in [-0.39, 0.29) is 47.4 Å². The quantitative estimate of drug-likeness (QED) is 0.148. The molecular weight excluding hydrogens is 608 g/mol. The second-order valence-electron chi connectivity index (χ2n) is 16.8. The van der Waals surface area contributed by atoms with E-state index in [0.717, 1.165) is 24.8 Å². The van der Waals surface area contributed by atoms with Crippen LogP contribution in [0.2, 0.25) is 0 Å². The average Bonchev–Trinajstić information content (AvgIpc) is 3.03. The van der Waals surface area contributed by atoms with Crippen LogP contribution in [0, 0.1) is 44.8 Å². The first-order valence-corrected chi connectivity index (χ1v) is 17.6. The lowest BCUT2D eigenvalue weighted by molar-refractivity contribution is -0.295. The molecule has 1 aliphatic heterocycles. The van der Waals surface area contributed by atoms with Gasteiger partial charge in [0.05, 0.1) is 30.8 Å². The van der Waals surface area contributed by atoms with E-state index in [0.29, 0.717) is 32.1 Å². The Hall–Kier alpha value is -1.44. The summed E-state index contributed by atoms with van der Waals surface area (Å²) >= 11 is 0. The Labute approximate surface area is 278 Å². The molecular formula is C36H58O11. The van der Waals surface area contributed by atoms with Crippen LogP contribution in [-0.2, 0) is 19.1 Å². The van der Waals surface area contributed by atoms with E-state index in [1.54, 1.807) is 6.92 Å². The molecule has 268 valence electrons. The molecule has 5 aliphatic rings. The predicted molar refractivity (Wildman–Crippen MR) is 170 cm³/mol. The lowest BCUT2D eigenvalue weighted by atomic mass is 9.34. The van der Waals surface area contributed by atoms with Gasteiger partial charge in [0.25, 0.3) is 0 Å². The van der Waals surface area contributed by atoms with Gasteiger partial charge in [0.1, 0.15) is 30.2 Å². The molecule has 15 atom stereocenters. The summed E-state index contributed by atoms with van der Waals surface area (Å²) < 4.78 is 11.3. The van der Waals surface area contributed by atoms with Gasteiger partial charge in [0.15, 0.2) is 0 Å². The average molecular weight is 667 g/mol. The Kier molecular flexibility index (Phi) is 9.96. The normalized spacial score (nSPS) is 50.3. The fourth-order valence-electron chi connectivity index (χ4n) is 10.9. The van der Waals surface area contributed by atoms with Gasteiger partial charge in [-0.05, 0) is 98.4 Å². The van der Waals surface area contributed by atoms with Crippen LogP contribution in [0.25, 0.3) is 0 Å². The van der Waals surface area contributed by atoms with E-state index < -0.39 is 71.7 Å². The van der Waals surface area contributed by atoms with Crippen LogP contribution in [0.4, 0.5) is 0 Å². The Morgan fingerprint density at radius 1 is 0.936 bits per heavy atom. The number of esters is 1. The molecule has 4 aliphatic carbocycles. The van der Waals surface area contributed by atoms with Crippen LogP contribution in [0.1, 0.15) is 99.3 Å². The van der Waals surface area contributed by atoms with E-state index >= 15 is 0 Å². The number of ketones is 1. The molecule has 0 bridgehead atoms. The number of carbonyl (C=O) groups is 2. The Morgan fingerprint density at radius 2 is 1.62 bits per heavy atom. The molecule has 5 rings (SSSR count). The third kappa shape index (κ3) is 5.55. The Balaban J connectivity index is 1.51. The summed E-state index contributed by atoms with van der Waals surface area (Å²) in [7, 11) is 0. The lowest BCUT2D eigenvalue weighted by Crippen LogP contribution is -2.66. The summed E-state index contributed by atoms with van der Waals surface area (Å²) in [6.07, 6.45) is -2.42. The number of rotatable bonds is 8. The van der Waals surface area contributed by atoms with Crippen molar-refractivity contribution >= 4 is 11.8 Å². The second-order valence-corrected chi connectivity index (χ2v) is 16.8. The van der Waals surface area contributed by atoms with Crippen molar-refractivity contribution in [2.75, 3.05) is 13.2 Å². The minimum absolute atomic E-state index is 0.0127. The number of carbonyl (C=O) groups excluding carboxylic acids is 2. The molecule has 7 N–H and O–H groups in total. The first-order valence-electron chi connectivity index (χ1n) is 17.6. The van der Waals surface area contributed by atoms with Crippen molar-refractivity contribution in [3.05, 3.63) is 11.6 Å². The minimum atomic E-state index is -1.75. The third-order valence-corrected chi connectivity index (χ3v) is 14.6.